The summed E-state index contributed by atoms with van der Waals surface area (Å²) in [7, 11) is -3.72. The molecule has 1 saturated heterocycles. The van der Waals surface area contributed by atoms with E-state index in [2.05, 4.69) is 4.98 Å². The second-order valence-corrected chi connectivity index (χ2v) is 8.91. The fourth-order valence-electron chi connectivity index (χ4n) is 2.49. The molecule has 2 heterocycles. The zero-order chi connectivity index (χ0) is 18.0. The van der Waals surface area contributed by atoms with Crippen molar-refractivity contribution in [2.75, 3.05) is 13.1 Å². The van der Waals surface area contributed by atoms with E-state index in [-0.39, 0.29) is 17.1 Å². The molecule has 0 aliphatic carbocycles. The molecule has 8 heteroatoms. The molecule has 0 saturated carbocycles. The number of sulfone groups is 1. The summed E-state index contributed by atoms with van der Waals surface area (Å²) in [6.45, 7) is 5.82. The number of piperidine rings is 1. The highest BCUT2D eigenvalue weighted by Crippen LogP contribution is 2.24. The predicted octanol–water partition coefficient (Wildman–Crippen LogP) is 2.13. The SMILES string of the molecule is CC(C)(C)OC(=O)N1CCC[C@@H](S(=O)(=O)c2cc(C#N)ccn2)C1. The maximum absolute atomic E-state index is 12.8. The quantitative estimate of drug-likeness (QED) is 0.809. The van der Waals surface area contributed by atoms with Gasteiger partial charge in [-0.2, -0.15) is 5.26 Å². The fourth-order valence-corrected chi connectivity index (χ4v) is 4.18. The maximum atomic E-state index is 12.8. The largest absolute Gasteiger partial charge is 0.444 e. The minimum absolute atomic E-state index is 0.0652. The first-order chi connectivity index (χ1) is 11.1. The number of aromatic nitrogens is 1. The standard InChI is InChI=1S/C16H21N3O4S/c1-16(2,3)23-15(20)19-8-4-5-13(11-19)24(21,22)14-9-12(10-17)6-7-18-14/h6-7,9,13H,4-5,8,11H2,1-3H3/t13-/m1/s1. The third-order valence-electron chi connectivity index (χ3n) is 3.62. The third kappa shape index (κ3) is 4.23. The summed E-state index contributed by atoms with van der Waals surface area (Å²) in [4.78, 5) is 17.5. The van der Waals surface area contributed by atoms with E-state index >= 15 is 0 Å². The van der Waals surface area contributed by atoms with Crippen LogP contribution in [0.15, 0.2) is 23.4 Å². The van der Waals surface area contributed by atoms with Crippen LogP contribution in [0.2, 0.25) is 0 Å². The molecule has 0 bridgehead atoms. The van der Waals surface area contributed by atoms with Crippen molar-refractivity contribution in [1.82, 2.24) is 9.88 Å². The second kappa shape index (κ2) is 6.77. The molecule has 1 aromatic heterocycles. The number of nitriles is 1. The van der Waals surface area contributed by atoms with Crippen LogP contribution < -0.4 is 0 Å². The van der Waals surface area contributed by atoms with Crippen LogP contribution in [-0.2, 0) is 14.6 Å². The first kappa shape index (κ1) is 18.2. The molecule has 1 aliphatic heterocycles. The third-order valence-corrected chi connectivity index (χ3v) is 5.69. The highest BCUT2D eigenvalue weighted by Gasteiger charge is 2.36. The number of hydrogen-bond acceptors (Lipinski definition) is 6. The summed E-state index contributed by atoms with van der Waals surface area (Å²) < 4.78 is 30.8. The Balaban J connectivity index is 2.19. The van der Waals surface area contributed by atoms with Crippen LogP contribution in [0.5, 0.6) is 0 Å². The van der Waals surface area contributed by atoms with Gasteiger partial charge in [-0.3, -0.25) is 0 Å². The summed E-state index contributed by atoms with van der Waals surface area (Å²) in [6, 6.07) is 4.62. The number of ether oxygens (including phenoxy) is 1. The second-order valence-electron chi connectivity index (χ2n) is 6.73. The van der Waals surface area contributed by atoms with Gasteiger partial charge in [-0.1, -0.05) is 0 Å². The molecule has 7 nitrogen and oxygen atoms in total. The molecule has 1 amide bonds. The van der Waals surface area contributed by atoms with E-state index in [1.807, 2.05) is 6.07 Å². The summed E-state index contributed by atoms with van der Waals surface area (Å²) in [5, 5.41) is 8.04. The minimum atomic E-state index is -3.72. The van der Waals surface area contributed by atoms with Gasteiger partial charge in [-0.15, -0.1) is 0 Å². The molecule has 1 fully saturated rings. The molecule has 1 aromatic rings. The molecule has 1 atom stereocenters. The van der Waals surface area contributed by atoms with E-state index < -0.39 is 26.8 Å². The van der Waals surface area contributed by atoms with E-state index in [0.29, 0.717) is 19.4 Å². The van der Waals surface area contributed by atoms with Crippen LogP contribution in [0.25, 0.3) is 0 Å². The summed E-state index contributed by atoms with van der Waals surface area (Å²) in [5.41, 5.74) is -0.394. The van der Waals surface area contributed by atoms with Crippen LogP contribution in [0, 0.1) is 11.3 Å². The van der Waals surface area contributed by atoms with Crippen molar-refractivity contribution in [3.05, 3.63) is 23.9 Å². The van der Waals surface area contributed by atoms with Gasteiger partial charge in [-0.25, -0.2) is 18.2 Å². The zero-order valence-corrected chi connectivity index (χ0v) is 14.8. The number of amides is 1. The van der Waals surface area contributed by atoms with Gasteiger partial charge >= 0.3 is 6.09 Å². The smallest absolute Gasteiger partial charge is 0.410 e. The molecule has 130 valence electrons. The van der Waals surface area contributed by atoms with E-state index in [1.165, 1.54) is 23.2 Å². The first-order valence-electron chi connectivity index (χ1n) is 7.71. The normalized spacial score (nSPS) is 18.8. The summed E-state index contributed by atoms with van der Waals surface area (Å²) in [5.74, 6) is 0. The highest BCUT2D eigenvalue weighted by molar-refractivity contribution is 7.92. The highest BCUT2D eigenvalue weighted by atomic mass is 32.2. The number of carbonyl (C=O) groups excluding carboxylic acids is 1. The molecule has 1 aliphatic rings. The van der Waals surface area contributed by atoms with Crippen molar-refractivity contribution in [1.29, 1.82) is 5.26 Å². The lowest BCUT2D eigenvalue weighted by atomic mass is 10.1. The first-order valence-corrected chi connectivity index (χ1v) is 9.26. The van der Waals surface area contributed by atoms with Crippen molar-refractivity contribution in [2.24, 2.45) is 0 Å². The Labute approximate surface area is 142 Å². The Morgan fingerprint density at radius 2 is 2.17 bits per heavy atom. The van der Waals surface area contributed by atoms with Crippen LogP contribution in [-0.4, -0.2) is 48.3 Å². The molecular weight excluding hydrogens is 330 g/mol. The van der Waals surface area contributed by atoms with Crippen LogP contribution >= 0.6 is 0 Å². The summed E-state index contributed by atoms with van der Waals surface area (Å²) >= 11 is 0. The van der Waals surface area contributed by atoms with Crippen molar-refractivity contribution in [3.8, 4) is 6.07 Å². The molecule has 0 N–H and O–H groups in total. The predicted molar refractivity (Wildman–Crippen MR) is 87.0 cm³/mol. The van der Waals surface area contributed by atoms with Gasteiger partial charge < -0.3 is 9.64 Å². The number of likely N-dealkylation sites (tertiary alicyclic amines) is 1. The van der Waals surface area contributed by atoms with Gasteiger partial charge in [0.05, 0.1) is 16.9 Å². The van der Waals surface area contributed by atoms with Crippen molar-refractivity contribution in [2.45, 2.75) is 49.5 Å². The molecular formula is C16H21N3O4S. The molecule has 0 spiro atoms. The van der Waals surface area contributed by atoms with Gasteiger partial charge in [0, 0.05) is 19.3 Å². The van der Waals surface area contributed by atoms with E-state index in [0.717, 1.165) is 0 Å². The van der Waals surface area contributed by atoms with Gasteiger partial charge in [0.1, 0.15) is 5.60 Å². The zero-order valence-electron chi connectivity index (χ0n) is 14.0. The Morgan fingerprint density at radius 1 is 1.46 bits per heavy atom. The minimum Gasteiger partial charge on any atom is -0.444 e. The van der Waals surface area contributed by atoms with Crippen molar-refractivity contribution in [3.63, 3.8) is 0 Å². The maximum Gasteiger partial charge on any atom is 0.410 e. The average Bonchev–Trinajstić information content (AvgIpc) is 2.53. The lowest BCUT2D eigenvalue weighted by Gasteiger charge is -2.33. The lowest BCUT2D eigenvalue weighted by Crippen LogP contribution is -2.47. The van der Waals surface area contributed by atoms with Crippen LogP contribution in [0.3, 0.4) is 0 Å². The van der Waals surface area contributed by atoms with Crippen LogP contribution in [0.4, 0.5) is 4.79 Å². The van der Waals surface area contributed by atoms with E-state index in [1.54, 1.807) is 20.8 Å². The topological polar surface area (TPSA) is 100 Å². The van der Waals surface area contributed by atoms with Crippen molar-refractivity contribution >= 4 is 15.9 Å². The van der Waals surface area contributed by atoms with Gasteiger partial charge in [0.15, 0.2) is 14.9 Å². The number of carbonyl (C=O) groups is 1. The molecule has 0 radical (unpaired) electrons. The molecule has 2 rings (SSSR count). The lowest BCUT2D eigenvalue weighted by molar-refractivity contribution is 0.0219. The molecule has 24 heavy (non-hydrogen) atoms. The monoisotopic (exact) mass is 351 g/mol. The Kier molecular flexibility index (Phi) is 5.13. The molecule has 0 unspecified atom stereocenters. The Morgan fingerprint density at radius 3 is 2.79 bits per heavy atom. The van der Waals surface area contributed by atoms with Crippen LogP contribution in [0.1, 0.15) is 39.2 Å². The Hall–Kier alpha value is -2.14. The van der Waals surface area contributed by atoms with Gasteiger partial charge in [0.2, 0.25) is 0 Å². The number of nitrogens with zero attached hydrogens (tertiary/aromatic N) is 3. The molecule has 0 aromatic carbocycles. The van der Waals surface area contributed by atoms with E-state index in [4.69, 9.17) is 10.00 Å². The number of pyridine rings is 1. The van der Waals surface area contributed by atoms with Gasteiger partial charge in [0.25, 0.3) is 0 Å². The fraction of sp³-hybridized carbons (Fsp3) is 0.562. The number of hydrogen-bond donors (Lipinski definition) is 0. The number of rotatable bonds is 2. The average molecular weight is 351 g/mol. The van der Waals surface area contributed by atoms with Gasteiger partial charge in [-0.05, 0) is 45.7 Å². The van der Waals surface area contributed by atoms with Crippen molar-refractivity contribution < 1.29 is 17.9 Å². The van der Waals surface area contributed by atoms with E-state index in [9.17, 15) is 13.2 Å². The summed E-state index contributed by atoms with van der Waals surface area (Å²) in [6.07, 6.45) is 1.81. The Bertz CT molecular complexity index is 762.